The highest BCUT2D eigenvalue weighted by atomic mass is 79.9. The Labute approximate surface area is 125 Å². The van der Waals surface area contributed by atoms with Crippen LogP contribution in [0.25, 0.3) is 0 Å². The maximum atomic E-state index is 11.2. The topological polar surface area (TPSA) is 102 Å². The number of benzene rings is 1. The molecule has 4 N–H and O–H groups in total. The van der Waals surface area contributed by atoms with E-state index in [0.29, 0.717) is 35.2 Å². The SMILES string of the molecule is COCCCC(Nc1ccc(C(N)=O)cc1Br)C(=O)O. The van der Waals surface area contributed by atoms with Crippen molar-refractivity contribution in [2.45, 2.75) is 18.9 Å². The highest BCUT2D eigenvalue weighted by molar-refractivity contribution is 9.10. The Kier molecular flexibility index (Phi) is 6.47. The number of primary amides is 1. The molecule has 1 amide bonds. The second-order valence-electron chi connectivity index (χ2n) is 4.23. The van der Waals surface area contributed by atoms with Crippen molar-refractivity contribution in [2.24, 2.45) is 5.73 Å². The van der Waals surface area contributed by atoms with Crippen molar-refractivity contribution < 1.29 is 19.4 Å². The number of hydrogen-bond donors (Lipinski definition) is 3. The van der Waals surface area contributed by atoms with E-state index >= 15 is 0 Å². The first-order valence-corrected chi connectivity index (χ1v) is 6.82. The van der Waals surface area contributed by atoms with Gasteiger partial charge in [0.15, 0.2) is 0 Å². The normalized spacial score (nSPS) is 11.9. The lowest BCUT2D eigenvalue weighted by atomic mass is 10.1. The molecule has 1 aromatic carbocycles. The molecule has 110 valence electrons. The van der Waals surface area contributed by atoms with Crippen LogP contribution in [-0.4, -0.2) is 36.7 Å². The van der Waals surface area contributed by atoms with Gasteiger partial charge in [0.1, 0.15) is 6.04 Å². The van der Waals surface area contributed by atoms with Gasteiger partial charge in [0, 0.05) is 29.4 Å². The second kappa shape index (κ2) is 7.86. The zero-order chi connectivity index (χ0) is 15.1. The Morgan fingerprint density at radius 1 is 1.50 bits per heavy atom. The van der Waals surface area contributed by atoms with Crippen LogP contribution >= 0.6 is 15.9 Å². The molecular formula is C13H17BrN2O4. The number of nitrogens with one attached hydrogen (secondary N) is 1. The van der Waals surface area contributed by atoms with Crippen molar-refractivity contribution in [2.75, 3.05) is 19.0 Å². The molecule has 1 unspecified atom stereocenters. The molecule has 0 saturated carbocycles. The van der Waals surface area contributed by atoms with Crippen LogP contribution in [0.5, 0.6) is 0 Å². The number of halogens is 1. The number of carbonyl (C=O) groups excluding carboxylic acids is 1. The summed E-state index contributed by atoms with van der Waals surface area (Å²) in [5.74, 6) is -1.47. The lowest BCUT2D eigenvalue weighted by Crippen LogP contribution is -2.29. The van der Waals surface area contributed by atoms with Crippen molar-refractivity contribution in [3.63, 3.8) is 0 Å². The Bertz CT molecular complexity index is 493. The number of nitrogens with two attached hydrogens (primary N) is 1. The van der Waals surface area contributed by atoms with Gasteiger partial charge in [-0.3, -0.25) is 4.79 Å². The third-order valence-corrected chi connectivity index (χ3v) is 3.38. The maximum absolute atomic E-state index is 11.2. The van der Waals surface area contributed by atoms with Gasteiger partial charge in [-0.15, -0.1) is 0 Å². The highest BCUT2D eigenvalue weighted by Gasteiger charge is 2.18. The minimum Gasteiger partial charge on any atom is -0.480 e. The summed E-state index contributed by atoms with van der Waals surface area (Å²) in [6, 6.07) is 4.00. The lowest BCUT2D eigenvalue weighted by molar-refractivity contribution is -0.138. The van der Waals surface area contributed by atoms with E-state index in [2.05, 4.69) is 21.2 Å². The van der Waals surface area contributed by atoms with E-state index in [-0.39, 0.29) is 0 Å². The van der Waals surface area contributed by atoms with Gasteiger partial charge >= 0.3 is 5.97 Å². The number of anilines is 1. The highest BCUT2D eigenvalue weighted by Crippen LogP contribution is 2.25. The standard InChI is InChI=1S/C13H17BrN2O4/c1-20-6-2-3-11(13(18)19)16-10-5-4-8(12(15)17)7-9(10)14/h4-5,7,11,16H,2-3,6H2,1H3,(H2,15,17)(H,18,19). The third kappa shape index (κ3) is 4.82. The predicted molar refractivity (Wildman–Crippen MR) is 78.8 cm³/mol. The van der Waals surface area contributed by atoms with Crippen LogP contribution < -0.4 is 11.1 Å². The number of carboxylic acid groups (broad SMARTS) is 1. The second-order valence-corrected chi connectivity index (χ2v) is 5.08. The van der Waals surface area contributed by atoms with Crippen molar-refractivity contribution in [1.29, 1.82) is 0 Å². The number of methoxy groups -OCH3 is 1. The van der Waals surface area contributed by atoms with Crippen molar-refractivity contribution in [3.05, 3.63) is 28.2 Å². The largest absolute Gasteiger partial charge is 0.480 e. The Balaban J connectivity index is 2.78. The molecule has 1 rings (SSSR count). The van der Waals surface area contributed by atoms with E-state index in [9.17, 15) is 14.7 Å². The first-order chi connectivity index (χ1) is 9.45. The summed E-state index contributed by atoms with van der Waals surface area (Å²) in [5, 5.41) is 12.1. The molecule has 0 spiro atoms. The fraction of sp³-hybridized carbons (Fsp3) is 0.385. The molecule has 0 saturated heterocycles. The molecule has 0 radical (unpaired) electrons. The minimum absolute atomic E-state index is 0.355. The summed E-state index contributed by atoms with van der Waals surface area (Å²) in [6.45, 7) is 0.507. The van der Waals surface area contributed by atoms with E-state index in [0.717, 1.165) is 0 Å². The summed E-state index contributed by atoms with van der Waals surface area (Å²) in [6.07, 6.45) is 1.07. The van der Waals surface area contributed by atoms with Crippen LogP contribution in [-0.2, 0) is 9.53 Å². The zero-order valence-electron chi connectivity index (χ0n) is 11.1. The zero-order valence-corrected chi connectivity index (χ0v) is 12.6. The molecule has 0 aliphatic rings. The van der Waals surface area contributed by atoms with Gasteiger partial charge in [-0.2, -0.15) is 0 Å². The molecule has 0 aliphatic carbocycles. The maximum Gasteiger partial charge on any atom is 0.326 e. The predicted octanol–water partition coefficient (Wildman–Crippen LogP) is 1.84. The van der Waals surface area contributed by atoms with Crippen molar-refractivity contribution >= 4 is 33.5 Å². The number of hydrogen-bond acceptors (Lipinski definition) is 4. The lowest BCUT2D eigenvalue weighted by Gasteiger charge is -2.17. The van der Waals surface area contributed by atoms with Gasteiger partial charge in [0.25, 0.3) is 0 Å². The van der Waals surface area contributed by atoms with Gasteiger partial charge in [0.05, 0.1) is 0 Å². The van der Waals surface area contributed by atoms with Crippen molar-refractivity contribution in [1.82, 2.24) is 0 Å². The quantitative estimate of drug-likeness (QED) is 0.624. The fourth-order valence-electron chi connectivity index (χ4n) is 1.66. The fourth-order valence-corrected chi connectivity index (χ4v) is 2.16. The number of rotatable bonds is 8. The molecular weight excluding hydrogens is 328 g/mol. The van der Waals surface area contributed by atoms with E-state index in [1.807, 2.05) is 0 Å². The Morgan fingerprint density at radius 2 is 2.20 bits per heavy atom. The first-order valence-electron chi connectivity index (χ1n) is 6.03. The van der Waals surface area contributed by atoms with E-state index in [1.165, 1.54) is 0 Å². The number of carboxylic acids is 1. The number of aliphatic carboxylic acids is 1. The Morgan fingerprint density at radius 3 is 2.70 bits per heavy atom. The van der Waals surface area contributed by atoms with Crippen LogP contribution in [0.1, 0.15) is 23.2 Å². The summed E-state index contributed by atoms with van der Waals surface area (Å²) in [7, 11) is 1.57. The van der Waals surface area contributed by atoms with Crippen molar-refractivity contribution in [3.8, 4) is 0 Å². The van der Waals surface area contributed by atoms with Crippen LogP contribution in [0.4, 0.5) is 5.69 Å². The number of ether oxygens (including phenoxy) is 1. The van der Waals surface area contributed by atoms with Gasteiger partial charge in [0.2, 0.25) is 5.91 Å². The van der Waals surface area contributed by atoms with Gasteiger partial charge in [-0.1, -0.05) is 0 Å². The van der Waals surface area contributed by atoms with E-state index in [1.54, 1.807) is 25.3 Å². The summed E-state index contributed by atoms with van der Waals surface area (Å²) in [5.41, 5.74) is 6.13. The van der Waals surface area contributed by atoms with E-state index in [4.69, 9.17) is 10.5 Å². The van der Waals surface area contributed by atoms with Crippen LogP contribution in [0, 0.1) is 0 Å². The average molecular weight is 345 g/mol. The number of carbonyl (C=O) groups is 2. The molecule has 1 aromatic rings. The smallest absolute Gasteiger partial charge is 0.326 e. The molecule has 0 fully saturated rings. The van der Waals surface area contributed by atoms with E-state index < -0.39 is 17.9 Å². The monoisotopic (exact) mass is 344 g/mol. The van der Waals surface area contributed by atoms with Gasteiger partial charge in [-0.05, 0) is 47.0 Å². The molecule has 0 aromatic heterocycles. The van der Waals surface area contributed by atoms with Crippen LogP contribution in [0.3, 0.4) is 0 Å². The molecule has 0 aliphatic heterocycles. The minimum atomic E-state index is -0.938. The summed E-state index contributed by atoms with van der Waals surface area (Å²) >= 11 is 3.29. The molecule has 6 nitrogen and oxygen atoms in total. The molecule has 0 bridgehead atoms. The van der Waals surface area contributed by atoms with Crippen LogP contribution in [0.15, 0.2) is 22.7 Å². The number of amides is 1. The average Bonchev–Trinajstić information content (AvgIpc) is 2.39. The molecule has 7 heteroatoms. The van der Waals surface area contributed by atoms with Gasteiger partial charge in [-0.25, -0.2) is 4.79 Å². The first kappa shape index (κ1) is 16.5. The molecule has 0 heterocycles. The molecule has 20 heavy (non-hydrogen) atoms. The van der Waals surface area contributed by atoms with Crippen LogP contribution in [0.2, 0.25) is 0 Å². The third-order valence-electron chi connectivity index (χ3n) is 2.72. The molecule has 1 atom stereocenters. The Hall–Kier alpha value is -1.60. The van der Waals surface area contributed by atoms with Gasteiger partial charge < -0.3 is 20.9 Å². The summed E-state index contributed by atoms with van der Waals surface area (Å²) in [4.78, 5) is 22.2. The summed E-state index contributed by atoms with van der Waals surface area (Å²) < 4.78 is 5.50.